The fourth-order valence-corrected chi connectivity index (χ4v) is 3.24. The van der Waals surface area contributed by atoms with Gasteiger partial charge in [-0.2, -0.15) is 0 Å². The van der Waals surface area contributed by atoms with Crippen molar-refractivity contribution in [3.05, 3.63) is 59.4 Å². The minimum absolute atomic E-state index is 0.0443. The number of sulfonamides is 1. The molecular weight excluding hydrogens is 333 g/mol. The molecule has 1 aliphatic rings. The van der Waals surface area contributed by atoms with Crippen LogP contribution >= 0.6 is 0 Å². The van der Waals surface area contributed by atoms with Crippen LogP contribution in [0.25, 0.3) is 0 Å². The van der Waals surface area contributed by atoms with Gasteiger partial charge in [-0.05, 0) is 35.7 Å². The van der Waals surface area contributed by atoms with Gasteiger partial charge < -0.3 is 10.2 Å². The van der Waals surface area contributed by atoms with Gasteiger partial charge in [0, 0.05) is 18.8 Å². The van der Waals surface area contributed by atoms with Crippen molar-refractivity contribution in [1.82, 2.24) is 4.90 Å². The summed E-state index contributed by atoms with van der Waals surface area (Å²) in [6.45, 7) is 0.972. The first-order valence-corrected chi connectivity index (χ1v) is 8.84. The number of benzene rings is 2. The number of primary sulfonamides is 1. The zero-order valence-corrected chi connectivity index (χ0v) is 13.5. The van der Waals surface area contributed by atoms with Gasteiger partial charge in [0.15, 0.2) is 0 Å². The molecule has 0 bridgehead atoms. The minimum atomic E-state index is -4.05. The Morgan fingerprint density at radius 1 is 1.17 bits per heavy atom. The number of anilines is 1. The van der Waals surface area contributed by atoms with Crippen LogP contribution in [0, 0.1) is 5.82 Å². The van der Waals surface area contributed by atoms with Gasteiger partial charge in [0.25, 0.3) is 0 Å². The maximum Gasteiger partial charge on any atom is 0.322 e. The molecule has 2 aromatic rings. The highest BCUT2D eigenvalue weighted by atomic mass is 32.2. The molecule has 6 nitrogen and oxygen atoms in total. The molecule has 0 fully saturated rings. The summed E-state index contributed by atoms with van der Waals surface area (Å²) < 4.78 is 36.3. The SMILES string of the molecule is NS(=O)(=O)c1cc(F)cc(NC(=O)N2CCc3ccccc3C2)c1. The van der Waals surface area contributed by atoms with Crippen LogP contribution in [0.2, 0.25) is 0 Å². The largest absolute Gasteiger partial charge is 0.322 e. The second-order valence-electron chi connectivity index (χ2n) is 5.59. The highest BCUT2D eigenvalue weighted by Gasteiger charge is 2.21. The van der Waals surface area contributed by atoms with E-state index in [1.54, 1.807) is 4.90 Å². The van der Waals surface area contributed by atoms with E-state index in [0.717, 1.165) is 30.2 Å². The summed E-state index contributed by atoms with van der Waals surface area (Å²) in [4.78, 5) is 13.6. The second kappa shape index (κ2) is 6.21. The molecule has 0 atom stereocenters. The minimum Gasteiger partial charge on any atom is -0.320 e. The van der Waals surface area contributed by atoms with E-state index >= 15 is 0 Å². The van der Waals surface area contributed by atoms with Crippen LogP contribution in [0.15, 0.2) is 47.4 Å². The van der Waals surface area contributed by atoms with Crippen LogP contribution in [-0.2, 0) is 23.0 Å². The van der Waals surface area contributed by atoms with Crippen LogP contribution in [0.5, 0.6) is 0 Å². The normalized spacial score (nSPS) is 14.2. The Morgan fingerprint density at radius 3 is 2.58 bits per heavy atom. The third-order valence-electron chi connectivity index (χ3n) is 3.87. The number of amides is 2. The summed E-state index contributed by atoms with van der Waals surface area (Å²) in [5.74, 6) is -0.791. The lowest BCUT2D eigenvalue weighted by Crippen LogP contribution is -2.38. The van der Waals surface area contributed by atoms with Crippen LogP contribution in [0.1, 0.15) is 11.1 Å². The van der Waals surface area contributed by atoms with Crippen molar-refractivity contribution in [3.63, 3.8) is 0 Å². The number of carbonyl (C=O) groups is 1. The van der Waals surface area contributed by atoms with Crippen molar-refractivity contribution in [3.8, 4) is 0 Å². The van der Waals surface area contributed by atoms with E-state index in [0.29, 0.717) is 13.1 Å². The Bertz CT molecular complexity index is 899. The number of nitrogens with zero attached hydrogens (tertiary/aromatic N) is 1. The molecule has 1 aliphatic heterocycles. The standard InChI is InChI=1S/C16H16FN3O3S/c17-13-7-14(9-15(8-13)24(18,22)23)19-16(21)20-6-5-11-3-1-2-4-12(11)10-20/h1-4,7-9H,5-6,10H2,(H,19,21)(H2,18,22,23). The molecule has 8 heteroatoms. The van der Waals surface area contributed by atoms with Crippen molar-refractivity contribution in [1.29, 1.82) is 0 Å². The zero-order chi connectivity index (χ0) is 17.3. The van der Waals surface area contributed by atoms with Gasteiger partial charge in [-0.1, -0.05) is 24.3 Å². The maximum absolute atomic E-state index is 13.6. The van der Waals surface area contributed by atoms with Gasteiger partial charge in [-0.3, -0.25) is 0 Å². The Balaban J connectivity index is 1.78. The third-order valence-corrected chi connectivity index (χ3v) is 4.76. The van der Waals surface area contributed by atoms with Crippen molar-refractivity contribution < 1.29 is 17.6 Å². The molecule has 0 radical (unpaired) electrons. The van der Waals surface area contributed by atoms with Crippen LogP contribution in [0.4, 0.5) is 14.9 Å². The molecule has 0 unspecified atom stereocenters. The smallest absolute Gasteiger partial charge is 0.320 e. The van der Waals surface area contributed by atoms with Crippen LogP contribution in [0.3, 0.4) is 0 Å². The molecule has 0 aliphatic carbocycles. The van der Waals surface area contributed by atoms with E-state index in [2.05, 4.69) is 5.32 Å². The van der Waals surface area contributed by atoms with E-state index in [1.165, 1.54) is 5.56 Å². The molecule has 126 valence electrons. The van der Waals surface area contributed by atoms with Crippen LogP contribution in [-0.4, -0.2) is 25.9 Å². The first-order valence-electron chi connectivity index (χ1n) is 7.29. The fourth-order valence-electron chi connectivity index (χ4n) is 2.67. The predicted octanol–water partition coefficient (Wildman–Crippen LogP) is 2.06. The number of halogens is 1. The average Bonchev–Trinajstić information content (AvgIpc) is 2.53. The molecule has 3 N–H and O–H groups in total. The molecule has 1 heterocycles. The number of fused-ring (bicyclic) bond motifs is 1. The first kappa shape index (κ1) is 16.4. The predicted molar refractivity (Wildman–Crippen MR) is 87.3 cm³/mol. The molecule has 3 rings (SSSR count). The van der Waals surface area contributed by atoms with Crippen molar-refractivity contribution in [2.75, 3.05) is 11.9 Å². The Labute approximate surface area is 139 Å². The highest BCUT2D eigenvalue weighted by molar-refractivity contribution is 7.89. The lowest BCUT2D eigenvalue weighted by Gasteiger charge is -2.29. The summed E-state index contributed by atoms with van der Waals surface area (Å²) in [6.07, 6.45) is 0.731. The number of urea groups is 1. The Morgan fingerprint density at radius 2 is 1.88 bits per heavy atom. The van der Waals surface area contributed by atoms with E-state index < -0.39 is 21.9 Å². The summed E-state index contributed by atoms with van der Waals surface area (Å²) in [7, 11) is -4.05. The number of nitrogens with two attached hydrogens (primary N) is 1. The van der Waals surface area contributed by atoms with Crippen molar-refractivity contribution >= 4 is 21.7 Å². The molecule has 0 aromatic heterocycles. The highest BCUT2D eigenvalue weighted by Crippen LogP contribution is 2.21. The number of rotatable bonds is 2. The number of hydrogen-bond acceptors (Lipinski definition) is 3. The van der Waals surface area contributed by atoms with Gasteiger partial charge in [-0.25, -0.2) is 22.7 Å². The molecule has 0 saturated carbocycles. The number of carbonyl (C=O) groups excluding carboxylic acids is 1. The molecule has 0 saturated heterocycles. The third kappa shape index (κ3) is 3.55. The van der Waals surface area contributed by atoms with E-state index in [4.69, 9.17) is 5.14 Å². The van der Waals surface area contributed by atoms with E-state index in [-0.39, 0.29) is 10.6 Å². The Kier molecular flexibility index (Phi) is 4.25. The number of nitrogens with one attached hydrogen (secondary N) is 1. The lowest BCUT2D eigenvalue weighted by molar-refractivity contribution is 0.206. The monoisotopic (exact) mass is 349 g/mol. The van der Waals surface area contributed by atoms with Gasteiger partial charge in [0.05, 0.1) is 4.90 Å². The summed E-state index contributed by atoms with van der Waals surface area (Å²) in [6, 6.07) is 10.4. The van der Waals surface area contributed by atoms with Crippen molar-refractivity contribution in [2.45, 2.75) is 17.9 Å². The summed E-state index contributed by atoms with van der Waals surface area (Å²) >= 11 is 0. The molecule has 2 aromatic carbocycles. The van der Waals surface area contributed by atoms with Gasteiger partial charge >= 0.3 is 6.03 Å². The second-order valence-corrected chi connectivity index (χ2v) is 7.15. The van der Waals surface area contributed by atoms with Gasteiger partial charge in [0.2, 0.25) is 10.0 Å². The van der Waals surface area contributed by atoms with Crippen LogP contribution < -0.4 is 10.5 Å². The van der Waals surface area contributed by atoms with E-state index in [1.807, 2.05) is 24.3 Å². The topological polar surface area (TPSA) is 92.5 Å². The quantitative estimate of drug-likeness (QED) is 0.869. The molecular formula is C16H16FN3O3S. The van der Waals surface area contributed by atoms with Gasteiger partial charge in [-0.15, -0.1) is 0 Å². The Hall–Kier alpha value is -2.45. The number of hydrogen-bond donors (Lipinski definition) is 2. The van der Waals surface area contributed by atoms with Gasteiger partial charge in [0.1, 0.15) is 5.82 Å². The van der Waals surface area contributed by atoms with Crippen molar-refractivity contribution in [2.24, 2.45) is 5.14 Å². The molecule has 0 spiro atoms. The molecule has 2 amide bonds. The summed E-state index contributed by atoms with van der Waals surface area (Å²) in [5.41, 5.74) is 2.30. The van der Waals surface area contributed by atoms with E-state index in [9.17, 15) is 17.6 Å². The molecule has 24 heavy (non-hydrogen) atoms. The lowest BCUT2D eigenvalue weighted by atomic mass is 10.0. The first-order chi connectivity index (χ1) is 11.3. The zero-order valence-electron chi connectivity index (χ0n) is 12.7. The maximum atomic E-state index is 13.6. The fraction of sp³-hybridized carbons (Fsp3) is 0.188. The summed E-state index contributed by atoms with van der Waals surface area (Å²) in [5, 5.41) is 7.53. The average molecular weight is 349 g/mol.